The summed E-state index contributed by atoms with van der Waals surface area (Å²) in [5, 5.41) is 18.2. The third kappa shape index (κ3) is 8.86. The van der Waals surface area contributed by atoms with Gasteiger partial charge < -0.3 is 14.8 Å². The van der Waals surface area contributed by atoms with Crippen LogP contribution in [0.1, 0.15) is 84.9 Å². The summed E-state index contributed by atoms with van der Waals surface area (Å²) in [4.78, 5) is 31.6. The Morgan fingerprint density at radius 1 is 0.962 bits per heavy atom. The molecule has 0 unspecified atom stereocenters. The lowest BCUT2D eigenvalue weighted by Gasteiger charge is -2.19. The number of nitrogens with zero attached hydrogens (tertiary/aromatic N) is 6. The van der Waals surface area contributed by atoms with Gasteiger partial charge in [-0.2, -0.15) is 5.10 Å². The van der Waals surface area contributed by atoms with Crippen LogP contribution in [-0.2, 0) is 32.2 Å². The Hall–Kier alpha value is -4.65. The van der Waals surface area contributed by atoms with Crippen LogP contribution >= 0.6 is 22.9 Å². The molecule has 2 aromatic carbocycles. The Labute approximate surface area is 313 Å². The van der Waals surface area contributed by atoms with Crippen LogP contribution in [0.15, 0.2) is 65.9 Å². The summed E-state index contributed by atoms with van der Waals surface area (Å²) >= 11 is 7.92. The van der Waals surface area contributed by atoms with Crippen molar-refractivity contribution in [3.05, 3.63) is 105 Å². The lowest BCUT2D eigenvalue weighted by molar-refractivity contribution is -0.160. The molecule has 0 bridgehead atoms. The van der Waals surface area contributed by atoms with Crippen LogP contribution in [0.4, 0.5) is 0 Å². The van der Waals surface area contributed by atoms with Gasteiger partial charge in [0.2, 0.25) is 5.91 Å². The van der Waals surface area contributed by atoms with Gasteiger partial charge >= 0.3 is 5.97 Å². The van der Waals surface area contributed by atoms with E-state index in [1.165, 1.54) is 4.88 Å². The first-order valence-corrected chi connectivity index (χ1v) is 18.6. The Balaban J connectivity index is 1.05. The number of amides is 1. The third-order valence-corrected chi connectivity index (χ3v) is 10.2. The molecule has 13 heteroatoms. The molecule has 1 atom stereocenters. The molecular weight excluding hydrogens is 698 g/mol. The fraction of sp³-hybridized carbons (Fsp3) is 0.385. The van der Waals surface area contributed by atoms with Crippen molar-refractivity contribution >= 4 is 40.5 Å². The number of carbonyl (C=O) groups is 2. The van der Waals surface area contributed by atoms with Gasteiger partial charge in [-0.3, -0.25) is 19.0 Å². The van der Waals surface area contributed by atoms with Crippen molar-refractivity contribution < 1.29 is 19.1 Å². The largest absolute Gasteiger partial charge is 0.458 e. The molecule has 272 valence electrons. The van der Waals surface area contributed by atoms with Crippen LogP contribution in [-0.4, -0.2) is 60.9 Å². The van der Waals surface area contributed by atoms with E-state index in [9.17, 15) is 9.59 Å². The van der Waals surface area contributed by atoms with Crippen LogP contribution in [0.25, 0.3) is 16.1 Å². The number of fused-ring (bicyclic) bond motifs is 3. The topological polar surface area (TPSA) is 126 Å². The number of rotatable bonds is 13. The summed E-state index contributed by atoms with van der Waals surface area (Å²) in [6, 6.07) is 15.2. The summed E-state index contributed by atoms with van der Waals surface area (Å²) in [7, 11) is 0. The predicted octanol–water partition coefficient (Wildman–Crippen LogP) is 7.51. The number of aryl methyl sites for hydroxylation is 3. The summed E-state index contributed by atoms with van der Waals surface area (Å²) in [6.07, 6.45) is 5.67. The van der Waals surface area contributed by atoms with E-state index in [0.717, 1.165) is 69.3 Å². The summed E-state index contributed by atoms with van der Waals surface area (Å²) in [5.74, 6) is 0.920. The van der Waals surface area contributed by atoms with Crippen molar-refractivity contribution in [3.8, 4) is 16.1 Å². The minimum absolute atomic E-state index is 0.0381. The zero-order valence-electron chi connectivity index (χ0n) is 30.4. The van der Waals surface area contributed by atoms with E-state index in [2.05, 4.69) is 39.0 Å². The van der Waals surface area contributed by atoms with Gasteiger partial charge in [-0.15, -0.1) is 21.5 Å². The molecule has 3 aromatic heterocycles. The van der Waals surface area contributed by atoms with Crippen LogP contribution < -0.4 is 5.32 Å². The highest BCUT2D eigenvalue weighted by Gasteiger charge is 2.32. The average Bonchev–Trinajstić information content (AvgIpc) is 3.78. The van der Waals surface area contributed by atoms with E-state index in [4.69, 9.17) is 26.1 Å². The molecule has 5 aromatic rings. The lowest BCUT2D eigenvalue weighted by Crippen LogP contribution is -2.26. The molecule has 6 rings (SSSR count). The number of unbranched alkanes of at least 4 members (excludes halogenated alkanes) is 1. The number of aromatic nitrogens is 5. The van der Waals surface area contributed by atoms with Crippen molar-refractivity contribution in [3.63, 3.8) is 0 Å². The van der Waals surface area contributed by atoms with Gasteiger partial charge in [0.1, 0.15) is 29.1 Å². The van der Waals surface area contributed by atoms with Crippen molar-refractivity contribution in [1.29, 1.82) is 0 Å². The van der Waals surface area contributed by atoms with Crippen LogP contribution in [0.3, 0.4) is 0 Å². The Morgan fingerprint density at radius 2 is 1.69 bits per heavy atom. The smallest absolute Gasteiger partial charge is 0.332 e. The summed E-state index contributed by atoms with van der Waals surface area (Å²) in [5.41, 5.74) is 6.45. The molecule has 1 aliphatic rings. The quantitative estimate of drug-likeness (QED) is 0.0978. The zero-order valence-corrected chi connectivity index (χ0v) is 32.0. The number of hydrogen-bond acceptors (Lipinski definition) is 9. The molecule has 1 N–H and O–H groups in total. The standard InChI is InChI=1S/C39H44ClN7O4S/c1-24-25(2)52-38-35(24)36(29-13-15-31(40)16-14-29)43-32(37-45-44-26(3)47(37)38)19-33(48)41-20-27-9-11-28(12-10-27)30-21-42-46(22-30)17-7-8-18-50-23-34(49)51-39(4,5)6/h9-16,21-22,32H,7-8,17-20,23H2,1-6H3,(H,41,48)/t32-/m0/s1. The van der Waals surface area contributed by atoms with E-state index < -0.39 is 11.6 Å². The molecule has 0 spiro atoms. The molecule has 0 saturated carbocycles. The number of ether oxygens (including phenoxy) is 2. The van der Waals surface area contributed by atoms with Gasteiger partial charge in [0, 0.05) is 52.5 Å². The number of thiophene rings is 1. The van der Waals surface area contributed by atoms with Gasteiger partial charge in [0.25, 0.3) is 0 Å². The van der Waals surface area contributed by atoms with Gasteiger partial charge in [0.15, 0.2) is 5.82 Å². The molecule has 0 radical (unpaired) electrons. The molecule has 0 aliphatic carbocycles. The normalized spacial score (nSPS) is 14.0. The first-order chi connectivity index (χ1) is 24.9. The highest BCUT2D eigenvalue weighted by Crippen LogP contribution is 2.39. The third-order valence-electron chi connectivity index (χ3n) is 8.71. The molecule has 1 aliphatic heterocycles. The van der Waals surface area contributed by atoms with E-state index in [1.54, 1.807) is 11.3 Å². The summed E-state index contributed by atoms with van der Waals surface area (Å²) < 4.78 is 14.7. The number of benzene rings is 2. The highest BCUT2D eigenvalue weighted by molar-refractivity contribution is 7.15. The maximum atomic E-state index is 13.5. The summed E-state index contributed by atoms with van der Waals surface area (Å²) in [6.45, 7) is 13.2. The first kappa shape index (κ1) is 37.1. The second kappa shape index (κ2) is 15.9. The Bertz CT molecular complexity index is 2070. The van der Waals surface area contributed by atoms with Gasteiger partial charge in [-0.1, -0.05) is 48.0 Å². The minimum atomic E-state index is -0.533. The molecule has 4 heterocycles. The van der Waals surface area contributed by atoms with Gasteiger partial charge in [-0.05, 0) is 83.2 Å². The average molecular weight is 742 g/mol. The zero-order chi connectivity index (χ0) is 37.0. The molecule has 11 nitrogen and oxygen atoms in total. The highest BCUT2D eigenvalue weighted by atomic mass is 35.5. The van der Waals surface area contributed by atoms with Crippen molar-refractivity contribution in [2.24, 2.45) is 4.99 Å². The Kier molecular flexibility index (Phi) is 11.4. The fourth-order valence-corrected chi connectivity index (χ4v) is 7.38. The van der Waals surface area contributed by atoms with E-state index in [1.807, 2.05) is 93.3 Å². The lowest BCUT2D eigenvalue weighted by atomic mass is 9.99. The molecule has 52 heavy (non-hydrogen) atoms. The van der Waals surface area contributed by atoms with Gasteiger partial charge in [-0.25, -0.2) is 4.79 Å². The van der Waals surface area contributed by atoms with E-state index >= 15 is 0 Å². The molecular formula is C39H44ClN7O4S. The van der Waals surface area contributed by atoms with E-state index in [0.29, 0.717) is 24.0 Å². The number of aliphatic imine (C=N–C) groups is 1. The molecule has 0 saturated heterocycles. The van der Waals surface area contributed by atoms with Crippen molar-refractivity contribution in [2.75, 3.05) is 13.2 Å². The monoisotopic (exact) mass is 741 g/mol. The van der Waals surface area contributed by atoms with Crippen molar-refractivity contribution in [1.82, 2.24) is 29.9 Å². The predicted molar refractivity (Wildman–Crippen MR) is 203 cm³/mol. The second-order valence-corrected chi connectivity index (χ2v) is 15.6. The minimum Gasteiger partial charge on any atom is -0.458 e. The van der Waals surface area contributed by atoms with Crippen LogP contribution in [0.2, 0.25) is 5.02 Å². The fourth-order valence-electron chi connectivity index (χ4n) is 6.04. The number of hydrogen-bond donors (Lipinski definition) is 1. The maximum absolute atomic E-state index is 13.5. The molecule has 1 amide bonds. The second-order valence-electron chi connectivity index (χ2n) is 13.9. The van der Waals surface area contributed by atoms with Gasteiger partial charge in [0.05, 0.1) is 18.3 Å². The van der Waals surface area contributed by atoms with Crippen molar-refractivity contribution in [2.45, 2.75) is 85.5 Å². The number of carbonyl (C=O) groups excluding carboxylic acids is 2. The van der Waals surface area contributed by atoms with Crippen LogP contribution in [0, 0.1) is 20.8 Å². The van der Waals surface area contributed by atoms with E-state index in [-0.39, 0.29) is 24.9 Å². The number of nitrogens with one attached hydrogen (secondary N) is 1. The SMILES string of the molecule is Cc1sc2c(c1C)C(c1ccc(Cl)cc1)=N[C@@H](CC(=O)NCc1ccc(-c3cnn(CCCCOCC(=O)OC(C)(C)C)c3)cc1)c1nnc(C)n1-2. The number of halogens is 1. The first-order valence-electron chi connectivity index (χ1n) is 17.4. The van der Waals surface area contributed by atoms with Crippen LogP contribution in [0.5, 0.6) is 0 Å². The molecule has 0 fully saturated rings. The number of esters is 1. The maximum Gasteiger partial charge on any atom is 0.332 e. The Morgan fingerprint density at radius 3 is 2.42 bits per heavy atom.